The molecule has 150 valence electrons. The summed E-state index contributed by atoms with van der Waals surface area (Å²) in [6.07, 6.45) is -5.43. The van der Waals surface area contributed by atoms with Crippen LogP contribution in [-0.2, 0) is 4.79 Å². The van der Waals surface area contributed by atoms with Gasteiger partial charge in [-0.1, -0.05) is 17.7 Å². The summed E-state index contributed by atoms with van der Waals surface area (Å²) < 4.78 is 44.9. The summed E-state index contributed by atoms with van der Waals surface area (Å²) in [5.74, 6) is -1.99. The lowest BCUT2D eigenvalue weighted by Gasteiger charge is -2.28. The lowest BCUT2D eigenvalue weighted by atomic mass is 9.90. The molecule has 1 aliphatic heterocycles. The molecule has 0 amide bonds. The van der Waals surface area contributed by atoms with Crippen LogP contribution in [0.1, 0.15) is 34.8 Å². The van der Waals surface area contributed by atoms with E-state index in [1.165, 1.54) is 23.5 Å². The van der Waals surface area contributed by atoms with E-state index in [1.54, 1.807) is 0 Å². The third-order valence-electron chi connectivity index (χ3n) is 4.42. The van der Waals surface area contributed by atoms with E-state index in [0.717, 1.165) is 11.0 Å². The molecule has 9 heteroatoms. The molecule has 2 aromatic rings. The number of thiophene rings is 1. The van der Waals surface area contributed by atoms with Crippen molar-refractivity contribution >= 4 is 35.0 Å². The van der Waals surface area contributed by atoms with Crippen LogP contribution in [0.5, 0.6) is 5.75 Å². The third kappa shape index (κ3) is 4.19. The Hall–Kier alpha value is -2.03. The van der Waals surface area contributed by atoms with E-state index in [1.807, 2.05) is 17.5 Å². The zero-order valence-electron chi connectivity index (χ0n) is 14.4. The molecule has 2 heterocycles. The predicted molar refractivity (Wildman–Crippen MR) is 100 cm³/mol. The molecule has 0 saturated heterocycles. The number of rotatable bonds is 6. The van der Waals surface area contributed by atoms with Crippen molar-refractivity contribution in [2.45, 2.75) is 31.0 Å². The Kier molecular flexibility index (Phi) is 6.02. The molecule has 0 aliphatic carbocycles. The van der Waals surface area contributed by atoms with Crippen molar-refractivity contribution in [3.05, 3.63) is 56.2 Å². The molecule has 1 aromatic carbocycles. The number of aliphatic hydroxyl groups is 1. The van der Waals surface area contributed by atoms with Crippen molar-refractivity contribution in [3.63, 3.8) is 0 Å². The van der Waals surface area contributed by atoms with Crippen molar-refractivity contribution < 1.29 is 32.9 Å². The second-order valence-electron chi connectivity index (χ2n) is 6.29. The zero-order valence-corrected chi connectivity index (χ0v) is 15.9. The Morgan fingerprint density at radius 1 is 1.36 bits per heavy atom. The lowest BCUT2D eigenvalue weighted by molar-refractivity contribution is -0.187. The Labute approximate surface area is 167 Å². The number of fused-ring (bicyclic) bond motifs is 1. The molecule has 2 unspecified atom stereocenters. The van der Waals surface area contributed by atoms with Crippen molar-refractivity contribution in [2.24, 2.45) is 0 Å². The van der Waals surface area contributed by atoms with Crippen LogP contribution < -0.4 is 4.74 Å². The van der Waals surface area contributed by atoms with Gasteiger partial charge >= 0.3 is 12.1 Å². The number of carboxylic acid groups (broad SMARTS) is 1. The van der Waals surface area contributed by atoms with Gasteiger partial charge in [0.15, 0.2) is 0 Å². The Bertz CT molecular complexity index is 893. The van der Waals surface area contributed by atoms with E-state index in [2.05, 4.69) is 0 Å². The zero-order chi connectivity index (χ0) is 20.5. The van der Waals surface area contributed by atoms with Crippen LogP contribution in [0.2, 0.25) is 5.02 Å². The van der Waals surface area contributed by atoms with Crippen LogP contribution in [0, 0.1) is 0 Å². The molecule has 2 N–H and O–H groups in total. The maximum Gasteiger partial charge on any atom is 0.430 e. The highest BCUT2D eigenvalue weighted by Gasteiger charge is 2.48. The van der Waals surface area contributed by atoms with E-state index in [-0.39, 0.29) is 23.8 Å². The van der Waals surface area contributed by atoms with E-state index in [4.69, 9.17) is 21.4 Å². The van der Waals surface area contributed by atoms with Gasteiger partial charge in [-0.25, -0.2) is 4.79 Å². The average molecular weight is 433 g/mol. The predicted octanol–water partition coefficient (Wildman–Crippen LogP) is 5.10. The summed E-state index contributed by atoms with van der Waals surface area (Å²) in [5, 5.41) is 20.5. The molecule has 0 radical (unpaired) electrons. The summed E-state index contributed by atoms with van der Waals surface area (Å²) in [7, 11) is 0. The molecular formula is C19H16ClF3O4S. The van der Waals surface area contributed by atoms with Gasteiger partial charge < -0.3 is 14.9 Å². The molecule has 1 aromatic heterocycles. The van der Waals surface area contributed by atoms with Crippen LogP contribution in [0.4, 0.5) is 13.2 Å². The standard InChI is InChI=1S/C19H16ClF3O4S/c20-14-8-10-7-13(18(25)26)17(19(21,22)23)27-15(10)9-12(14)11(3-1-5-24)16-4-2-6-28-16/h2,4,6-9,11,17,24H,1,3,5H2,(H,25,26). The van der Waals surface area contributed by atoms with Crippen LogP contribution in [-0.4, -0.2) is 35.1 Å². The number of carbonyl (C=O) groups is 1. The quantitative estimate of drug-likeness (QED) is 0.666. The van der Waals surface area contributed by atoms with Crippen LogP contribution in [0.3, 0.4) is 0 Å². The Balaban J connectivity index is 2.08. The maximum absolute atomic E-state index is 13.3. The Morgan fingerprint density at radius 3 is 2.68 bits per heavy atom. The average Bonchev–Trinajstić information content (AvgIpc) is 3.14. The third-order valence-corrected chi connectivity index (χ3v) is 5.74. The monoisotopic (exact) mass is 432 g/mol. The smallest absolute Gasteiger partial charge is 0.430 e. The fraction of sp³-hybridized carbons (Fsp3) is 0.316. The van der Waals surface area contributed by atoms with Crippen molar-refractivity contribution in [2.75, 3.05) is 6.61 Å². The van der Waals surface area contributed by atoms with Gasteiger partial charge in [-0.15, -0.1) is 11.3 Å². The second kappa shape index (κ2) is 8.14. The normalized spacial score (nSPS) is 17.5. The molecule has 0 saturated carbocycles. The first kappa shape index (κ1) is 20.7. The van der Waals surface area contributed by atoms with Gasteiger partial charge in [-0.05, 0) is 48.1 Å². The highest BCUT2D eigenvalue weighted by molar-refractivity contribution is 7.10. The molecule has 3 rings (SSSR count). The molecule has 2 atom stereocenters. The van der Waals surface area contributed by atoms with Crippen molar-refractivity contribution in [1.82, 2.24) is 0 Å². The second-order valence-corrected chi connectivity index (χ2v) is 7.68. The first-order valence-electron chi connectivity index (χ1n) is 8.38. The Morgan fingerprint density at radius 2 is 2.11 bits per heavy atom. The lowest BCUT2D eigenvalue weighted by Crippen LogP contribution is -2.40. The number of alkyl halides is 3. The van der Waals surface area contributed by atoms with Crippen molar-refractivity contribution in [1.29, 1.82) is 0 Å². The van der Waals surface area contributed by atoms with Crippen LogP contribution >= 0.6 is 22.9 Å². The number of ether oxygens (including phenoxy) is 1. The van der Waals surface area contributed by atoms with Crippen LogP contribution in [0.15, 0.2) is 35.2 Å². The molecule has 1 aliphatic rings. The number of aliphatic hydroxyl groups excluding tert-OH is 1. The first-order valence-corrected chi connectivity index (χ1v) is 9.64. The number of hydrogen-bond acceptors (Lipinski definition) is 4. The SMILES string of the molecule is O=C(O)C1=Cc2cc(Cl)c(C(CCCO)c3cccs3)cc2OC1C(F)(F)F. The van der Waals surface area contributed by atoms with E-state index in [9.17, 15) is 23.1 Å². The molecule has 0 bridgehead atoms. The minimum atomic E-state index is -4.87. The molecular weight excluding hydrogens is 417 g/mol. The van der Waals surface area contributed by atoms with Crippen LogP contribution in [0.25, 0.3) is 6.08 Å². The number of carboxylic acids is 1. The fourth-order valence-corrected chi connectivity index (χ4v) is 4.34. The van der Waals surface area contributed by atoms with Crippen molar-refractivity contribution in [3.8, 4) is 5.75 Å². The minimum absolute atomic E-state index is 0.0260. The van der Waals surface area contributed by atoms with Gasteiger partial charge in [0.2, 0.25) is 6.10 Å². The number of hydrogen-bond donors (Lipinski definition) is 2. The van der Waals surface area contributed by atoms with Gasteiger partial charge in [-0.3, -0.25) is 0 Å². The van der Waals surface area contributed by atoms with Gasteiger partial charge in [0, 0.05) is 28.0 Å². The highest BCUT2D eigenvalue weighted by atomic mass is 35.5. The molecule has 0 fully saturated rings. The number of halogens is 4. The number of aliphatic carboxylic acids is 1. The summed E-state index contributed by atoms with van der Waals surface area (Å²) in [4.78, 5) is 12.2. The molecule has 4 nitrogen and oxygen atoms in total. The minimum Gasteiger partial charge on any atom is -0.478 e. The number of benzene rings is 1. The van der Waals surface area contributed by atoms with E-state index < -0.39 is 23.8 Å². The van der Waals surface area contributed by atoms with E-state index in [0.29, 0.717) is 23.4 Å². The molecule has 0 spiro atoms. The summed E-state index contributed by atoms with van der Waals surface area (Å²) in [5.41, 5.74) is -0.137. The highest BCUT2D eigenvalue weighted by Crippen LogP contribution is 2.43. The maximum atomic E-state index is 13.3. The largest absolute Gasteiger partial charge is 0.478 e. The topological polar surface area (TPSA) is 66.8 Å². The molecule has 28 heavy (non-hydrogen) atoms. The van der Waals surface area contributed by atoms with E-state index >= 15 is 0 Å². The first-order chi connectivity index (χ1) is 13.2. The van der Waals surface area contributed by atoms with Gasteiger partial charge in [0.1, 0.15) is 5.75 Å². The van der Waals surface area contributed by atoms with Gasteiger partial charge in [-0.2, -0.15) is 13.2 Å². The summed E-state index contributed by atoms with van der Waals surface area (Å²) >= 11 is 7.87. The fourth-order valence-electron chi connectivity index (χ4n) is 3.15. The summed E-state index contributed by atoms with van der Waals surface area (Å²) in [6.45, 7) is -0.0260. The van der Waals surface area contributed by atoms with Gasteiger partial charge in [0.05, 0.1) is 5.57 Å². The summed E-state index contributed by atoms with van der Waals surface area (Å²) in [6, 6.07) is 6.61. The van der Waals surface area contributed by atoms with Gasteiger partial charge in [0.25, 0.3) is 0 Å².